The Kier molecular flexibility index (Phi) is 8.19. The van der Waals surface area contributed by atoms with E-state index in [0.717, 1.165) is 30.9 Å². The highest BCUT2D eigenvalue weighted by atomic mass is 32.2. The molecule has 0 amide bonds. The Morgan fingerprint density at radius 1 is 1.14 bits per heavy atom. The lowest BCUT2D eigenvalue weighted by Crippen LogP contribution is -2.32. The van der Waals surface area contributed by atoms with Gasteiger partial charge >= 0.3 is 0 Å². The maximum atomic E-state index is 6.25. The van der Waals surface area contributed by atoms with Crippen molar-refractivity contribution in [3.8, 4) is 5.75 Å². The summed E-state index contributed by atoms with van der Waals surface area (Å²) < 4.78 is 14.3. The molecule has 1 aliphatic rings. The van der Waals surface area contributed by atoms with E-state index in [0.29, 0.717) is 6.04 Å². The molecule has 0 aliphatic carbocycles. The van der Waals surface area contributed by atoms with Crippen LogP contribution in [-0.4, -0.2) is 35.2 Å². The van der Waals surface area contributed by atoms with Crippen molar-refractivity contribution in [1.29, 1.82) is 0 Å². The quantitative estimate of drug-likeness (QED) is 0.482. The molecule has 1 saturated heterocycles. The fraction of sp³-hybridized carbons (Fsp3) is 0.522. The summed E-state index contributed by atoms with van der Waals surface area (Å²) in [5.41, 5.74) is 2.47. The van der Waals surface area contributed by atoms with E-state index in [-0.39, 0.29) is 12.2 Å². The average molecular weight is 401 g/mol. The number of hydrogen-bond acceptors (Lipinski definition) is 5. The molecule has 1 fully saturated rings. The summed E-state index contributed by atoms with van der Waals surface area (Å²) >= 11 is 1.90. The molecule has 28 heavy (non-hydrogen) atoms. The monoisotopic (exact) mass is 400 g/mol. The molecule has 2 aromatic rings. The first-order valence-electron chi connectivity index (χ1n) is 10.3. The lowest BCUT2D eigenvalue weighted by atomic mass is 10.1. The van der Waals surface area contributed by atoms with Crippen molar-refractivity contribution in [3.05, 3.63) is 59.9 Å². The Morgan fingerprint density at radius 3 is 2.71 bits per heavy atom. The highest BCUT2D eigenvalue weighted by molar-refractivity contribution is 7.96. The van der Waals surface area contributed by atoms with Gasteiger partial charge in [-0.15, -0.1) is 0 Å². The van der Waals surface area contributed by atoms with Crippen LogP contribution in [0.4, 0.5) is 0 Å². The van der Waals surface area contributed by atoms with E-state index >= 15 is 0 Å². The summed E-state index contributed by atoms with van der Waals surface area (Å²) in [6.45, 7) is 5.41. The minimum Gasteiger partial charge on any atom is -0.488 e. The highest BCUT2D eigenvalue weighted by Gasteiger charge is 2.27. The normalized spacial score (nSPS) is 19.5. The summed E-state index contributed by atoms with van der Waals surface area (Å²) in [6, 6.07) is 15.1. The van der Waals surface area contributed by atoms with Crippen molar-refractivity contribution in [1.82, 2.24) is 9.29 Å². The number of methoxy groups -OCH3 is 1. The van der Waals surface area contributed by atoms with Crippen molar-refractivity contribution in [2.24, 2.45) is 0 Å². The molecular formula is C23H32N2O2S. The van der Waals surface area contributed by atoms with Gasteiger partial charge in [-0.3, -0.25) is 4.98 Å². The number of ether oxygens (including phenoxy) is 2. The number of nitrogens with zero attached hydrogens (tertiary/aromatic N) is 2. The summed E-state index contributed by atoms with van der Waals surface area (Å²) in [4.78, 5) is 4.57. The molecule has 152 valence electrons. The van der Waals surface area contributed by atoms with Gasteiger partial charge in [0.15, 0.2) is 0 Å². The Balaban J connectivity index is 1.60. The fourth-order valence-electron chi connectivity index (χ4n) is 3.81. The van der Waals surface area contributed by atoms with Gasteiger partial charge in [-0.25, -0.2) is 4.31 Å². The molecule has 2 heterocycles. The molecule has 3 rings (SSSR count). The van der Waals surface area contributed by atoms with Crippen LogP contribution in [0.25, 0.3) is 0 Å². The number of rotatable bonds is 10. The zero-order valence-corrected chi connectivity index (χ0v) is 18.0. The zero-order chi connectivity index (χ0) is 19.8. The van der Waals surface area contributed by atoms with Crippen LogP contribution in [0, 0.1) is 0 Å². The van der Waals surface area contributed by atoms with Crippen LogP contribution in [0.15, 0.2) is 48.7 Å². The molecule has 4 nitrogen and oxygen atoms in total. The first-order valence-corrected chi connectivity index (χ1v) is 11.3. The van der Waals surface area contributed by atoms with Crippen LogP contribution in [-0.2, 0) is 10.5 Å². The van der Waals surface area contributed by atoms with Crippen molar-refractivity contribution in [2.75, 3.05) is 13.7 Å². The van der Waals surface area contributed by atoms with E-state index in [1.165, 1.54) is 24.1 Å². The zero-order valence-electron chi connectivity index (χ0n) is 17.2. The van der Waals surface area contributed by atoms with Gasteiger partial charge in [0.1, 0.15) is 11.9 Å². The molecule has 1 aromatic heterocycles. The van der Waals surface area contributed by atoms with E-state index in [2.05, 4.69) is 53.5 Å². The lowest BCUT2D eigenvalue weighted by molar-refractivity contribution is -0.00154. The van der Waals surface area contributed by atoms with E-state index in [9.17, 15) is 0 Å². The predicted octanol–water partition coefficient (Wildman–Crippen LogP) is 5.65. The van der Waals surface area contributed by atoms with Gasteiger partial charge in [-0.2, -0.15) is 0 Å². The maximum Gasteiger partial charge on any atom is 0.124 e. The minimum atomic E-state index is 0.0880. The fourth-order valence-corrected chi connectivity index (χ4v) is 4.95. The summed E-state index contributed by atoms with van der Waals surface area (Å²) in [6.07, 6.45) is 6.41. The van der Waals surface area contributed by atoms with Gasteiger partial charge in [0, 0.05) is 25.6 Å². The molecule has 3 unspecified atom stereocenters. The number of hydrogen-bond donors (Lipinski definition) is 0. The average Bonchev–Trinajstić information content (AvgIpc) is 3.22. The smallest absolute Gasteiger partial charge is 0.124 e. The molecule has 0 bridgehead atoms. The van der Waals surface area contributed by atoms with Crippen LogP contribution in [0.5, 0.6) is 5.75 Å². The molecule has 5 heteroatoms. The molecule has 1 aliphatic heterocycles. The summed E-state index contributed by atoms with van der Waals surface area (Å²) in [5, 5.41) is 0. The van der Waals surface area contributed by atoms with Crippen LogP contribution in [0.1, 0.15) is 56.8 Å². The third kappa shape index (κ3) is 5.49. The predicted molar refractivity (Wildman–Crippen MR) is 116 cm³/mol. The molecule has 3 atom stereocenters. The second kappa shape index (κ2) is 10.8. The standard InChI is InChI=1S/C23H32N2O2S/c1-4-22(26-3)23(5-2)27-19-11-8-10-18(16-19)17-28-25-15-9-13-21(25)20-12-6-7-14-24-20/h6-8,10-12,14,16,21-23H,4-5,9,13,15,17H2,1-3H3. The van der Waals surface area contributed by atoms with Crippen molar-refractivity contribution < 1.29 is 9.47 Å². The summed E-state index contributed by atoms with van der Waals surface area (Å²) in [7, 11) is 1.77. The number of pyridine rings is 1. The topological polar surface area (TPSA) is 34.6 Å². The number of benzene rings is 1. The van der Waals surface area contributed by atoms with Crippen LogP contribution < -0.4 is 4.74 Å². The van der Waals surface area contributed by atoms with Crippen molar-refractivity contribution >= 4 is 11.9 Å². The maximum absolute atomic E-state index is 6.25. The third-order valence-corrected chi connectivity index (χ3v) is 6.57. The summed E-state index contributed by atoms with van der Waals surface area (Å²) in [5.74, 6) is 1.88. The largest absolute Gasteiger partial charge is 0.488 e. The van der Waals surface area contributed by atoms with Gasteiger partial charge in [0.2, 0.25) is 0 Å². The first kappa shape index (κ1) is 21.2. The Labute approximate surface area is 173 Å². The first-order chi connectivity index (χ1) is 13.7. The minimum absolute atomic E-state index is 0.0880. The Bertz CT molecular complexity index is 709. The SMILES string of the molecule is CCC(OC)C(CC)Oc1cccc(CSN2CCCC2c2ccccn2)c1. The van der Waals surface area contributed by atoms with Gasteiger partial charge in [0.25, 0.3) is 0 Å². The Morgan fingerprint density at radius 2 is 2.00 bits per heavy atom. The molecular weight excluding hydrogens is 368 g/mol. The molecule has 0 saturated carbocycles. The van der Waals surface area contributed by atoms with E-state index in [1.807, 2.05) is 30.3 Å². The van der Waals surface area contributed by atoms with E-state index in [1.54, 1.807) is 7.11 Å². The highest BCUT2D eigenvalue weighted by Crippen LogP contribution is 2.37. The third-order valence-electron chi connectivity index (χ3n) is 5.34. The van der Waals surface area contributed by atoms with Crippen LogP contribution in [0.3, 0.4) is 0 Å². The molecule has 0 N–H and O–H groups in total. The number of aromatic nitrogens is 1. The van der Waals surface area contributed by atoms with Gasteiger partial charge < -0.3 is 9.47 Å². The van der Waals surface area contributed by atoms with Crippen molar-refractivity contribution in [2.45, 2.75) is 63.5 Å². The lowest BCUT2D eigenvalue weighted by Gasteiger charge is -2.25. The van der Waals surface area contributed by atoms with Crippen LogP contribution >= 0.6 is 11.9 Å². The van der Waals surface area contributed by atoms with E-state index in [4.69, 9.17) is 9.47 Å². The Hall–Kier alpha value is -1.56. The second-order valence-electron chi connectivity index (χ2n) is 7.22. The molecule has 1 aromatic carbocycles. The molecule has 0 spiro atoms. The molecule has 0 radical (unpaired) electrons. The van der Waals surface area contributed by atoms with Gasteiger partial charge in [-0.1, -0.05) is 44.0 Å². The van der Waals surface area contributed by atoms with E-state index < -0.39 is 0 Å². The van der Waals surface area contributed by atoms with Crippen molar-refractivity contribution in [3.63, 3.8) is 0 Å². The van der Waals surface area contributed by atoms with Gasteiger partial charge in [-0.05, 0) is 55.5 Å². The second-order valence-corrected chi connectivity index (χ2v) is 8.24. The van der Waals surface area contributed by atoms with Crippen LogP contribution in [0.2, 0.25) is 0 Å². The van der Waals surface area contributed by atoms with Gasteiger partial charge in [0.05, 0.1) is 17.8 Å².